The fraction of sp³-hybridized carbons (Fsp3) is 0.429. The van der Waals surface area contributed by atoms with Crippen molar-refractivity contribution in [1.29, 1.82) is 0 Å². The third kappa shape index (κ3) is 3.61. The van der Waals surface area contributed by atoms with Crippen molar-refractivity contribution in [2.45, 2.75) is 38.7 Å². The van der Waals surface area contributed by atoms with Gasteiger partial charge in [-0.3, -0.25) is 4.79 Å². The molecule has 8 nitrogen and oxygen atoms in total. The molecule has 3 aromatic heterocycles. The van der Waals surface area contributed by atoms with Crippen LogP contribution in [0.25, 0.3) is 16.7 Å². The van der Waals surface area contributed by atoms with Crippen LogP contribution in [0.3, 0.4) is 0 Å². The molecule has 0 radical (unpaired) electrons. The number of anilines is 1. The lowest BCUT2D eigenvalue weighted by Crippen LogP contribution is -2.30. The molecule has 1 fully saturated rings. The van der Waals surface area contributed by atoms with Gasteiger partial charge < -0.3 is 14.8 Å². The van der Waals surface area contributed by atoms with E-state index in [1.807, 2.05) is 28.9 Å². The summed E-state index contributed by atoms with van der Waals surface area (Å²) in [4.78, 5) is 20.7. The molecule has 1 amide bonds. The molecule has 4 rings (SSSR count). The summed E-state index contributed by atoms with van der Waals surface area (Å²) in [7, 11) is 1.69. The van der Waals surface area contributed by atoms with Gasteiger partial charge in [-0.05, 0) is 18.6 Å². The number of aromatic nitrogens is 4. The molecule has 1 atom stereocenters. The number of ether oxygens (including phenoxy) is 2. The molecule has 1 unspecified atom stereocenters. The minimum absolute atomic E-state index is 0.167. The predicted molar refractivity (Wildman–Crippen MR) is 109 cm³/mol. The first-order valence-electron chi connectivity index (χ1n) is 9.82. The van der Waals surface area contributed by atoms with E-state index in [1.165, 1.54) is 6.92 Å². The minimum Gasteiger partial charge on any atom is -0.378 e. The molecule has 0 aliphatic carbocycles. The highest BCUT2D eigenvalue weighted by molar-refractivity contribution is 5.91. The number of carbonyl (C=O) groups excluding carboxylic acids is 1. The zero-order chi connectivity index (χ0) is 20.4. The van der Waals surface area contributed by atoms with Crippen LogP contribution in [0.4, 0.5) is 5.82 Å². The second kappa shape index (κ2) is 7.88. The lowest BCUT2D eigenvalue weighted by Gasteiger charge is -2.25. The summed E-state index contributed by atoms with van der Waals surface area (Å²) in [5.41, 5.74) is 2.11. The average molecular weight is 395 g/mol. The number of hydrogen-bond donors (Lipinski definition) is 1. The maximum absolute atomic E-state index is 11.5. The molecule has 29 heavy (non-hydrogen) atoms. The third-order valence-electron chi connectivity index (χ3n) is 5.23. The van der Waals surface area contributed by atoms with Gasteiger partial charge in [0.1, 0.15) is 11.4 Å². The fourth-order valence-corrected chi connectivity index (χ4v) is 3.72. The summed E-state index contributed by atoms with van der Waals surface area (Å²) < 4.78 is 13.2. The molecule has 1 aliphatic heterocycles. The van der Waals surface area contributed by atoms with Crippen molar-refractivity contribution in [3.63, 3.8) is 0 Å². The Morgan fingerprint density at radius 1 is 1.41 bits per heavy atom. The van der Waals surface area contributed by atoms with E-state index in [-0.39, 0.29) is 5.91 Å². The Morgan fingerprint density at radius 2 is 2.28 bits per heavy atom. The maximum atomic E-state index is 11.5. The van der Waals surface area contributed by atoms with Crippen LogP contribution in [0.2, 0.25) is 0 Å². The van der Waals surface area contributed by atoms with E-state index in [9.17, 15) is 4.79 Å². The highest BCUT2D eigenvalue weighted by atomic mass is 16.5. The van der Waals surface area contributed by atoms with E-state index in [0.717, 1.165) is 41.6 Å². The van der Waals surface area contributed by atoms with E-state index in [1.54, 1.807) is 13.3 Å². The van der Waals surface area contributed by atoms with Crippen molar-refractivity contribution in [2.24, 2.45) is 0 Å². The molecule has 152 valence electrons. The molecule has 8 heteroatoms. The molecular weight excluding hydrogens is 370 g/mol. The largest absolute Gasteiger partial charge is 0.378 e. The van der Waals surface area contributed by atoms with Crippen LogP contribution < -0.4 is 5.32 Å². The number of pyridine rings is 2. The molecule has 1 saturated heterocycles. The van der Waals surface area contributed by atoms with Crippen LogP contribution in [0.15, 0.2) is 30.5 Å². The second-order valence-electron chi connectivity index (χ2n) is 7.26. The molecule has 3 aromatic rings. The van der Waals surface area contributed by atoms with E-state index < -0.39 is 5.60 Å². The van der Waals surface area contributed by atoms with Gasteiger partial charge >= 0.3 is 0 Å². The molecule has 4 heterocycles. The van der Waals surface area contributed by atoms with Gasteiger partial charge in [0, 0.05) is 44.7 Å². The SMILES string of the molecule is CCCc1nn(-c2cccc(C3(OC)CCOC3)n2)c2cc(NC(C)=O)ncc12. The topological polar surface area (TPSA) is 91.2 Å². The first kappa shape index (κ1) is 19.5. The molecule has 0 aromatic carbocycles. The van der Waals surface area contributed by atoms with Crippen molar-refractivity contribution >= 4 is 22.6 Å². The van der Waals surface area contributed by atoms with Gasteiger partial charge in [0.15, 0.2) is 5.82 Å². The third-order valence-corrected chi connectivity index (χ3v) is 5.23. The number of amides is 1. The summed E-state index contributed by atoms with van der Waals surface area (Å²) >= 11 is 0. The summed E-state index contributed by atoms with van der Waals surface area (Å²) in [5.74, 6) is 1.01. The second-order valence-corrected chi connectivity index (χ2v) is 7.26. The van der Waals surface area contributed by atoms with E-state index in [0.29, 0.717) is 24.8 Å². The quantitative estimate of drug-likeness (QED) is 0.690. The van der Waals surface area contributed by atoms with Gasteiger partial charge in [0.05, 0.1) is 23.5 Å². The number of methoxy groups -OCH3 is 1. The van der Waals surface area contributed by atoms with Crippen molar-refractivity contribution in [1.82, 2.24) is 19.7 Å². The normalized spacial score (nSPS) is 19.0. The van der Waals surface area contributed by atoms with Crippen LogP contribution in [-0.4, -0.2) is 46.0 Å². The molecular formula is C21H25N5O3. The highest BCUT2D eigenvalue weighted by Gasteiger charge is 2.38. The maximum Gasteiger partial charge on any atom is 0.222 e. The summed E-state index contributed by atoms with van der Waals surface area (Å²) in [6, 6.07) is 7.68. The van der Waals surface area contributed by atoms with Crippen LogP contribution in [0.5, 0.6) is 0 Å². The number of rotatable bonds is 6. The number of aryl methyl sites for hydroxylation is 1. The molecule has 1 aliphatic rings. The van der Waals surface area contributed by atoms with Crippen molar-refractivity contribution in [3.8, 4) is 5.82 Å². The number of nitrogens with one attached hydrogen (secondary N) is 1. The van der Waals surface area contributed by atoms with Crippen LogP contribution in [0.1, 0.15) is 38.1 Å². The van der Waals surface area contributed by atoms with E-state index in [4.69, 9.17) is 19.6 Å². The van der Waals surface area contributed by atoms with Gasteiger partial charge in [-0.15, -0.1) is 0 Å². The predicted octanol–water partition coefficient (Wildman–Crippen LogP) is 2.99. The van der Waals surface area contributed by atoms with E-state index >= 15 is 0 Å². The number of hydrogen-bond acceptors (Lipinski definition) is 6. The lowest BCUT2D eigenvalue weighted by molar-refractivity contribution is -0.114. The summed E-state index contributed by atoms with van der Waals surface area (Å²) in [6.07, 6.45) is 4.33. The fourth-order valence-electron chi connectivity index (χ4n) is 3.72. The smallest absolute Gasteiger partial charge is 0.222 e. The summed E-state index contributed by atoms with van der Waals surface area (Å²) in [6.45, 7) is 4.71. The molecule has 0 spiro atoms. The van der Waals surface area contributed by atoms with Gasteiger partial charge in [-0.2, -0.15) is 5.10 Å². The first-order chi connectivity index (χ1) is 14.1. The minimum atomic E-state index is -0.534. The Bertz CT molecular complexity index is 1040. The number of fused-ring (bicyclic) bond motifs is 1. The molecule has 0 bridgehead atoms. The Balaban J connectivity index is 1.84. The average Bonchev–Trinajstić information content (AvgIpc) is 3.34. The van der Waals surface area contributed by atoms with Crippen molar-refractivity contribution in [3.05, 3.63) is 41.9 Å². The van der Waals surface area contributed by atoms with Crippen LogP contribution >= 0.6 is 0 Å². The number of carbonyl (C=O) groups is 1. The van der Waals surface area contributed by atoms with Gasteiger partial charge in [0.25, 0.3) is 0 Å². The van der Waals surface area contributed by atoms with Gasteiger partial charge in [-0.25, -0.2) is 14.6 Å². The zero-order valence-corrected chi connectivity index (χ0v) is 16.9. The monoisotopic (exact) mass is 395 g/mol. The van der Waals surface area contributed by atoms with Crippen molar-refractivity contribution in [2.75, 3.05) is 25.6 Å². The van der Waals surface area contributed by atoms with Crippen LogP contribution in [-0.2, 0) is 26.3 Å². The van der Waals surface area contributed by atoms with Crippen molar-refractivity contribution < 1.29 is 14.3 Å². The zero-order valence-electron chi connectivity index (χ0n) is 16.9. The van der Waals surface area contributed by atoms with Gasteiger partial charge in [0.2, 0.25) is 5.91 Å². The standard InChI is InChI=1S/C21H25N5O3/c1-4-6-16-15-12-22-19(23-14(2)27)11-17(15)26(25-16)20-8-5-7-18(24-20)21(28-3)9-10-29-13-21/h5,7-8,11-12H,4,6,9-10,13H2,1-3H3,(H,22,23,27). The van der Waals surface area contributed by atoms with Gasteiger partial charge in [-0.1, -0.05) is 19.4 Å². The Morgan fingerprint density at radius 3 is 2.97 bits per heavy atom. The molecule has 0 saturated carbocycles. The Labute approximate surface area is 169 Å². The van der Waals surface area contributed by atoms with Crippen LogP contribution in [0, 0.1) is 0 Å². The van der Waals surface area contributed by atoms with E-state index in [2.05, 4.69) is 17.2 Å². The lowest BCUT2D eigenvalue weighted by atomic mass is 9.98. The highest BCUT2D eigenvalue weighted by Crippen LogP contribution is 2.33. The number of nitrogens with zero attached hydrogens (tertiary/aromatic N) is 4. The molecule has 1 N–H and O–H groups in total. The Hall–Kier alpha value is -2.84. The summed E-state index contributed by atoms with van der Waals surface area (Å²) in [5, 5.41) is 8.51. The first-order valence-corrected chi connectivity index (χ1v) is 9.82. The Kier molecular flexibility index (Phi) is 5.29.